The van der Waals surface area contributed by atoms with Crippen molar-refractivity contribution in [3.05, 3.63) is 0 Å². The summed E-state index contributed by atoms with van der Waals surface area (Å²) in [6, 6.07) is -2.82. The van der Waals surface area contributed by atoms with Crippen LogP contribution in [-0.2, 0) is 24.0 Å². The zero-order chi connectivity index (χ0) is 22.5. The van der Waals surface area contributed by atoms with E-state index in [1.807, 2.05) is 0 Å². The van der Waals surface area contributed by atoms with Gasteiger partial charge in [0.1, 0.15) is 12.1 Å². The summed E-state index contributed by atoms with van der Waals surface area (Å²) in [4.78, 5) is 63.1. The van der Waals surface area contributed by atoms with E-state index in [-0.39, 0.29) is 30.6 Å². The maximum absolute atomic E-state index is 12.8. The van der Waals surface area contributed by atoms with Crippen LogP contribution in [0.15, 0.2) is 0 Å². The zero-order valence-corrected chi connectivity index (χ0v) is 18.7. The Morgan fingerprint density at radius 2 is 1.69 bits per heavy atom. The summed E-state index contributed by atoms with van der Waals surface area (Å²) in [5.41, 5.74) is 5.69. The number of Topliss-reactive ketones (excluding diaryl/α,β-unsaturated/α-hetero) is 1. The van der Waals surface area contributed by atoms with Crippen LogP contribution in [0, 0.1) is 11.8 Å². The molecule has 0 aromatic carbocycles. The van der Waals surface area contributed by atoms with Gasteiger partial charge in [0.2, 0.25) is 23.6 Å². The van der Waals surface area contributed by atoms with Crippen LogP contribution in [0.25, 0.3) is 0 Å². The molecule has 29 heavy (non-hydrogen) atoms. The zero-order valence-electron chi connectivity index (χ0n) is 17.9. The number of rotatable bonds is 10. The minimum Gasteiger partial charge on any atom is -0.345 e. The number of likely N-dealkylation sites (tertiary alicyclic amines) is 1. The number of nitrogens with zero attached hydrogens (tertiary/aromatic N) is 1. The first-order valence-electron chi connectivity index (χ1n) is 9.69. The number of imide groups is 1. The second kappa shape index (κ2) is 10.7. The summed E-state index contributed by atoms with van der Waals surface area (Å²) >= 11 is 1.24. The van der Waals surface area contributed by atoms with Gasteiger partial charge in [-0.1, -0.05) is 27.7 Å². The summed E-state index contributed by atoms with van der Waals surface area (Å²) in [5.74, 6) is -2.74. The molecule has 0 aromatic rings. The van der Waals surface area contributed by atoms with Crippen molar-refractivity contribution in [1.29, 1.82) is 0 Å². The summed E-state index contributed by atoms with van der Waals surface area (Å²) in [7, 11) is 0. The molecule has 0 saturated carbocycles. The number of carbonyl (C=O) groups is 5. The lowest BCUT2D eigenvalue weighted by atomic mass is 10.00. The number of carbonyl (C=O) groups excluding carboxylic acids is 5. The molecule has 0 radical (unpaired) electrons. The van der Waals surface area contributed by atoms with E-state index in [2.05, 4.69) is 10.6 Å². The third-order valence-electron chi connectivity index (χ3n) is 4.87. The maximum atomic E-state index is 12.8. The van der Waals surface area contributed by atoms with E-state index in [1.165, 1.54) is 11.8 Å². The van der Waals surface area contributed by atoms with Gasteiger partial charge in [0.25, 0.3) is 0 Å². The van der Waals surface area contributed by atoms with Gasteiger partial charge < -0.3 is 16.4 Å². The second-order valence-electron chi connectivity index (χ2n) is 7.80. The quantitative estimate of drug-likeness (QED) is 0.405. The Morgan fingerprint density at radius 1 is 1.10 bits per heavy atom. The molecule has 0 aromatic heterocycles. The van der Waals surface area contributed by atoms with E-state index >= 15 is 0 Å². The summed E-state index contributed by atoms with van der Waals surface area (Å²) < 4.78 is 0. The van der Waals surface area contributed by atoms with Crippen LogP contribution in [0.3, 0.4) is 0 Å². The number of ketones is 1. The van der Waals surface area contributed by atoms with Crippen LogP contribution in [0.2, 0.25) is 0 Å². The second-order valence-corrected chi connectivity index (χ2v) is 8.84. The van der Waals surface area contributed by atoms with Gasteiger partial charge in [-0.25, -0.2) is 0 Å². The number of thioether (sulfide) groups is 1. The van der Waals surface area contributed by atoms with E-state index in [9.17, 15) is 24.0 Å². The summed E-state index contributed by atoms with van der Waals surface area (Å²) in [6.45, 7) is 8.31. The largest absolute Gasteiger partial charge is 0.345 e. The topological polar surface area (TPSA) is 139 Å². The number of nitrogens with two attached hydrogens (primary N) is 1. The molecule has 1 saturated heterocycles. The highest BCUT2D eigenvalue weighted by Gasteiger charge is 2.44. The maximum Gasteiger partial charge on any atom is 0.245 e. The van der Waals surface area contributed by atoms with Crippen molar-refractivity contribution in [3.63, 3.8) is 0 Å². The third kappa shape index (κ3) is 6.02. The Bertz CT molecular complexity index is 667. The van der Waals surface area contributed by atoms with Gasteiger partial charge in [-0.05, 0) is 19.1 Å². The van der Waals surface area contributed by atoms with Gasteiger partial charge in [-0.3, -0.25) is 28.9 Å². The number of nitrogens with one attached hydrogen (secondary N) is 2. The molecule has 4 amide bonds. The molecule has 1 rings (SSSR count). The van der Waals surface area contributed by atoms with E-state index in [1.54, 1.807) is 40.9 Å². The molecule has 3 unspecified atom stereocenters. The first-order chi connectivity index (χ1) is 13.5. The average Bonchev–Trinajstić information content (AvgIpc) is 2.93. The molecular formula is C19H32N4O5S. The molecule has 164 valence electrons. The van der Waals surface area contributed by atoms with Crippen LogP contribution in [0.5, 0.6) is 0 Å². The fourth-order valence-electron chi connectivity index (χ4n) is 3.12. The fraction of sp³-hybridized carbons (Fsp3) is 0.737. The van der Waals surface area contributed by atoms with Crippen LogP contribution < -0.4 is 16.4 Å². The highest BCUT2D eigenvalue weighted by Crippen LogP contribution is 2.25. The first kappa shape index (κ1) is 25.1. The minimum absolute atomic E-state index is 0.0205. The summed E-state index contributed by atoms with van der Waals surface area (Å²) in [5, 5.41) is 4.69. The predicted molar refractivity (Wildman–Crippen MR) is 111 cm³/mol. The van der Waals surface area contributed by atoms with E-state index in [4.69, 9.17) is 5.73 Å². The molecule has 1 aliphatic heterocycles. The molecule has 4 N–H and O–H groups in total. The Labute approximate surface area is 175 Å². The average molecular weight is 429 g/mol. The van der Waals surface area contributed by atoms with Crippen molar-refractivity contribution in [2.45, 2.75) is 64.4 Å². The fourth-order valence-corrected chi connectivity index (χ4v) is 3.75. The van der Waals surface area contributed by atoms with Gasteiger partial charge in [0.05, 0.1) is 11.3 Å². The molecular weight excluding hydrogens is 396 g/mol. The Morgan fingerprint density at radius 3 is 2.10 bits per heavy atom. The Hall–Kier alpha value is -1.94. The molecule has 1 aliphatic rings. The lowest BCUT2D eigenvalue weighted by molar-refractivity contribution is -0.147. The van der Waals surface area contributed by atoms with Crippen molar-refractivity contribution in [2.24, 2.45) is 17.6 Å². The van der Waals surface area contributed by atoms with Crippen LogP contribution >= 0.6 is 11.8 Å². The molecule has 0 bridgehead atoms. The van der Waals surface area contributed by atoms with Gasteiger partial charge in [0, 0.05) is 18.9 Å². The number of hydrogen-bond donors (Lipinski definition) is 3. The Balaban J connectivity index is 2.93. The number of amides is 4. The van der Waals surface area contributed by atoms with E-state index in [0.29, 0.717) is 0 Å². The first-order valence-corrected chi connectivity index (χ1v) is 11.0. The van der Waals surface area contributed by atoms with Crippen LogP contribution in [0.1, 0.15) is 41.0 Å². The molecule has 1 fully saturated rings. The molecule has 0 aliphatic carbocycles. The molecule has 1 heterocycles. The van der Waals surface area contributed by atoms with Crippen molar-refractivity contribution < 1.29 is 24.0 Å². The minimum atomic E-state index is -1.18. The van der Waals surface area contributed by atoms with Gasteiger partial charge in [0.15, 0.2) is 5.78 Å². The van der Waals surface area contributed by atoms with E-state index < -0.39 is 47.0 Å². The van der Waals surface area contributed by atoms with Crippen LogP contribution in [0.4, 0.5) is 0 Å². The normalized spacial score (nSPS) is 20.0. The SMILES string of the molecule is CSC1CC(=O)N(C(CN)C(=O)NC(C(=O)N[C@@H](C)C(=O)C(C)C)C(C)C)C1=O. The van der Waals surface area contributed by atoms with E-state index in [0.717, 1.165) is 4.90 Å². The molecule has 9 nitrogen and oxygen atoms in total. The monoisotopic (exact) mass is 428 g/mol. The van der Waals surface area contributed by atoms with Gasteiger partial charge in [-0.2, -0.15) is 11.8 Å². The molecule has 0 spiro atoms. The smallest absolute Gasteiger partial charge is 0.245 e. The molecule has 4 atom stereocenters. The lowest BCUT2D eigenvalue weighted by Crippen LogP contribution is -2.59. The highest BCUT2D eigenvalue weighted by molar-refractivity contribution is 8.00. The third-order valence-corrected chi connectivity index (χ3v) is 5.80. The standard InChI is InChI=1S/C19H32N4O5S/c1-9(2)15(18(27)21-11(5)16(25)10(3)4)22-17(26)12(8-20)23-14(24)7-13(29-6)19(23)28/h9-13,15H,7-8,20H2,1-6H3,(H,21,27)(H,22,26)/t11-,12?,13?,15?/m0/s1. The van der Waals surface area contributed by atoms with Crippen molar-refractivity contribution >= 4 is 41.2 Å². The highest BCUT2D eigenvalue weighted by atomic mass is 32.2. The van der Waals surface area contributed by atoms with Crippen molar-refractivity contribution in [1.82, 2.24) is 15.5 Å². The molecule has 10 heteroatoms. The number of hydrogen-bond acceptors (Lipinski definition) is 7. The van der Waals surface area contributed by atoms with Gasteiger partial charge >= 0.3 is 0 Å². The lowest BCUT2D eigenvalue weighted by Gasteiger charge is -2.29. The summed E-state index contributed by atoms with van der Waals surface area (Å²) in [6.07, 6.45) is 1.74. The predicted octanol–water partition coefficient (Wildman–Crippen LogP) is -0.325. The van der Waals surface area contributed by atoms with Crippen molar-refractivity contribution in [3.8, 4) is 0 Å². The van der Waals surface area contributed by atoms with Crippen molar-refractivity contribution in [2.75, 3.05) is 12.8 Å². The van der Waals surface area contributed by atoms with Gasteiger partial charge in [-0.15, -0.1) is 0 Å². The van der Waals surface area contributed by atoms with Crippen LogP contribution in [-0.4, -0.2) is 70.5 Å². The Kier molecular flexibility index (Phi) is 9.28.